The zero-order valence-corrected chi connectivity index (χ0v) is 16.5. The lowest BCUT2D eigenvalue weighted by Crippen LogP contribution is -2.20. The number of aromatic nitrogens is 2. The molecule has 0 aliphatic heterocycles. The number of rotatable bonds is 4. The fourth-order valence-corrected chi connectivity index (χ4v) is 3.75. The van der Waals surface area contributed by atoms with E-state index in [4.69, 9.17) is 0 Å². The number of thiophene rings is 1. The summed E-state index contributed by atoms with van der Waals surface area (Å²) < 4.78 is 79.5. The molecule has 2 aromatic heterocycles. The molecule has 11 heteroatoms. The van der Waals surface area contributed by atoms with Crippen LogP contribution in [0.3, 0.4) is 0 Å². The van der Waals surface area contributed by atoms with E-state index in [1.165, 1.54) is 29.2 Å². The lowest BCUT2D eigenvalue weighted by molar-refractivity contribution is -0.141. The van der Waals surface area contributed by atoms with Gasteiger partial charge in [-0.2, -0.15) is 31.4 Å². The normalized spacial score (nSPS) is 12.3. The Morgan fingerprint density at radius 3 is 2.33 bits per heavy atom. The lowest BCUT2D eigenvalue weighted by atomic mass is 10.1. The van der Waals surface area contributed by atoms with Crippen molar-refractivity contribution >= 4 is 17.2 Å². The number of benzene rings is 1. The number of alkyl halides is 6. The van der Waals surface area contributed by atoms with E-state index in [0.717, 1.165) is 34.2 Å². The molecule has 0 spiro atoms. The van der Waals surface area contributed by atoms with Crippen molar-refractivity contribution in [2.24, 2.45) is 0 Å². The van der Waals surface area contributed by atoms with Gasteiger partial charge in [-0.25, -0.2) is 0 Å². The van der Waals surface area contributed by atoms with Gasteiger partial charge in [0.25, 0.3) is 5.91 Å². The minimum Gasteiger partial charge on any atom is -0.344 e. The van der Waals surface area contributed by atoms with Gasteiger partial charge in [-0.05, 0) is 35.9 Å². The predicted octanol–water partition coefficient (Wildman–Crippen LogP) is 5.40. The molecule has 0 saturated carbocycles. The maximum atomic E-state index is 13.2. The van der Waals surface area contributed by atoms with Crippen molar-refractivity contribution in [3.63, 3.8) is 0 Å². The first-order valence-electron chi connectivity index (χ1n) is 8.49. The predicted molar refractivity (Wildman–Crippen MR) is 99.1 cm³/mol. The van der Waals surface area contributed by atoms with Crippen molar-refractivity contribution < 1.29 is 31.1 Å². The second-order valence-electron chi connectivity index (χ2n) is 6.63. The quantitative estimate of drug-likeness (QED) is 0.503. The van der Waals surface area contributed by atoms with Crippen LogP contribution in [0.4, 0.5) is 26.3 Å². The van der Waals surface area contributed by atoms with E-state index in [1.807, 2.05) is 0 Å². The largest absolute Gasteiger partial charge is 0.435 e. The number of amides is 1. The maximum Gasteiger partial charge on any atom is 0.435 e. The monoisotopic (exact) mass is 447 g/mol. The molecule has 3 rings (SSSR count). The molecule has 0 aliphatic rings. The van der Waals surface area contributed by atoms with E-state index in [0.29, 0.717) is 9.75 Å². The van der Waals surface area contributed by atoms with Crippen molar-refractivity contribution in [2.45, 2.75) is 18.9 Å². The fourth-order valence-electron chi connectivity index (χ4n) is 2.70. The second kappa shape index (κ2) is 7.78. The van der Waals surface area contributed by atoms with E-state index in [2.05, 4.69) is 5.10 Å². The highest BCUT2D eigenvalue weighted by atomic mass is 32.1. The van der Waals surface area contributed by atoms with Crippen LogP contribution in [-0.4, -0.2) is 34.7 Å². The molecule has 1 amide bonds. The molecule has 0 fully saturated rings. The van der Waals surface area contributed by atoms with Crippen LogP contribution < -0.4 is 0 Å². The maximum absolute atomic E-state index is 13.2. The third kappa shape index (κ3) is 4.66. The molecule has 0 radical (unpaired) electrons. The molecule has 0 saturated heterocycles. The van der Waals surface area contributed by atoms with E-state index in [-0.39, 0.29) is 23.7 Å². The summed E-state index contributed by atoms with van der Waals surface area (Å²) in [5.74, 6) is -0.314. The molecule has 4 nitrogen and oxygen atoms in total. The molecule has 0 N–H and O–H groups in total. The molecule has 0 unspecified atom stereocenters. The second-order valence-corrected chi connectivity index (χ2v) is 7.72. The van der Waals surface area contributed by atoms with Gasteiger partial charge in [0.05, 0.1) is 27.6 Å². The van der Waals surface area contributed by atoms with E-state index in [1.54, 1.807) is 14.1 Å². The summed E-state index contributed by atoms with van der Waals surface area (Å²) in [7, 11) is 3.09. The molecule has 3 aromatic rings. The van der Waals surface area contributed by atoms with Crippen LogP contribution in [-0.2, 0) is 18.9 Å². The summed E-state index contributed by atoms with van der Waals surface area (Å²) >= 11 is 0.979. The number of nitrogens with zero attached hydrogens (tertiary/aromatic N) is 3. The van der Waals surface area contributed by atoms with Crippen LogP contribution in [0.2, 0.25) is 0 Å². The third-order valence-corrected chi connectivity index (χ3v) is 5.23. The zero-order valence-electron chi connectivity index (χ0n) is 15.7. The average molecular weight is 447 g/mol. The van der Waals surface area contributed by atoms with E-state index in [9.17, 15) is 31.1 Å². The summed E-state index contributed by atoms with van der Waals surface area (Å²) in [6.07, 6.45) is -9.30. The van der Waals surface area contributed by atoms with Crippen molar-refractivity contribution in [1.29, 1.82) is 0 Å². The molecule has 160 valence electrons. The molecule has 0 atom stereocenters. The Bertz CT molecular complexity index is 1060. The molecule has 0 bridgehead atoms. The van der Waals surface area contributed by atoms with Gasteiger partial charge in [0.2, 0.25) is 0 Å². The van der Waals surface area contributed by atoms with Crippen LogP contribution in [0.5, 0.6) is 0 Å². The highest BCUT2D eigenvalue weighted by Gasteiger charge is 2.35. The minimum atomic E-state index is -4.73. The van der Waals surface area contributed by atoms with Crippen LogP contribution in [0.15, 0.2) is 42.5 Å². The molecule has 2 heterocycles. The van der Waals surface area contributed by atoms with Gasteiger partial charge in [-0.1, -0.05) is 12.1 Å². The zero-order chi connectivity index (χ0) is 22.3. The Morgan fingerprint density at radius 1 is 1.03 bits per heavy atom. The fraction of sp³-hybridized carbons (Fsp3) is 0.263. The first-order valence-corrected chi connectivity index (χ1v) is 9.31. The average Bonchev–Trinajstić information content (AvgIpc) is 3.27. The Hall–Kier alpha value is -2.82. The lowest BCUT2D eigenvalue weighted by Gasteiger charge is -2.10. The molecule has 0 aliphatic carbocycles. The summed E-state index contributed by atoms with van der Waals surface area (Å²) in [5, 5.41) is 3.56. The smallest absolute Gasteiger partial charge is 0.344 e. The molecular weight excluding hydrogens is 432 g/mol. The first-order chi connectivity index (χ1) is 13.9. The summed E-state index contributed by atoms with van der Waals surface area (Å²) in [5.41, 5.74) is -1.87. The Balaban J connectivity index is 2.03. The summed E-state index contributed by atoms with van der Waals surface area (Å²) in [4.78, 5) is 14.1. The van der Waals surface area contributed by atoms with Gasteiger partial charge in [-0.15, -0.1) is 11.3 Å². The Kier molecular flexibility index (Phi) is 5.68. The molecule has 1 aromatic carbocycles. The first kappa shape index (κ1) is 21.9. The number of hydrogen-bond acceptors (Lipinski definition) is 3. The van der Waals surface area contributed by atoms with Gasteiger partial charge in [-0.3, -0.25) is 9.48 Å². The number of carbonyl (C=O) groups is 1. The van der Waals surface area contributed by atoms with Crippen LogP contribution >= 0.6 is 11.3 Å². The topological polar surface area (TPSA) is 38.1 Å². The van der Waals surface area contributed by atoms with Gasteiger partial charge in [0.15, 0.2) is 5.69 Å². The molecule has 30 heavy (non-hydrogen) atoms. The van der Waals surface area contributed by atoms with E-state index >= 15 is 0 Å². The number of halogens is 6. The van der Waals surface area contributed by atoms with Crippen LogP contribution in [0, 0.1) is 0 Å². The minimum absolute atomic E-state index is 0.0579. The number of carbonyl (C=O) groups excluding carboxylic acids is 1. The third-order valence-electron chi connectivity index (χ3n) is 4.13. The SMILES string of the molecule is CN(C)C(=O)c1ccc(-c2cc(C(F)(F)F)nn2Cc2cccc(C(F)(F)F)c2)s1. The Morgan fingerprint density at radius 2 is 1.73 bits per heavy atom. The molecular formula is C19H15F6N3OS. The van der Waals surface area contributed by atoms with Crippen molar-refractivity contribution in [1.82, 2.24) is 14.7 Å². The van der Waals surface area contributed by atoms with Gasteiger partial charge in [0.1, 0.15) is 0 Å². The summed E-state index contributed by atoms with van der Waals surface area (Å²) in [6, 6.07) is 8.11. The van der Waals surface area contributed by atoms with Gasteiger partial charge >= 0.3 is 12.4 Å². The number of hydrogen-bond donors (Lipinski definition) is 0. The Labute approximate surface area is 171 Å². The van der Waals surface area contributed by atoms with Crippen molar-refractivity contribution in [3.8, 4) is 10.6 Å². The van der Waals surface area contributed by atoms with E-state index < -0.39 is 23.6 Å². The van der Waals surface area contributed by atoms with Crippen molar-refractivity contribution in [3.05, 3.63) is 64.2 Å². The van der Waals surface area contributed by atoms with Crippen LogP contribution in [0.1, 0.15) is 26.5 Å². The van der Waals surface area contributed by atoms with Crippen LogP contribution in [0.25, 0.3) is 10.6 Å². The highest BCUT2D eigenvalue weighted by molar-refractivity contribution is 7.17. The standard InChI is InChI=1S/C19H15F6N3OS/c1-27(2)17(29)15-7-6-14(30-15)13-9-16(19(23,24)25)26-28(13)10-11-4-3-5-12(8-11)18(20,21)22/h3-9H,10H2,1-2H3. The van der Waals surface area contributed by atoms with Gasteiger partial charge in [0, 0.05) is 14.1 Å². The highest BCUT2D eigenvalue weighted by Crippen LogP contribution is 2.35. The van der Waals surface area contributed by atoms with Gasteiger partial charge < -0.3 is 4.90 Å². The van der Waals surface area contributed by atoms with Crippen molar-refractivity contribution in [2.75, 3.05) is 14.1 Å². The summed E-state index contributed by atoms with van der Waals surface area (Å²) in [6.45, 7) is -0.301.